The van der Waals surface area contributed by atoms with Gasteiger partial charge >= 0.3 is 5.69 Å². The molecule has 2 aromatic carbocycles. The molecule has 1 heterocycles. The molecule has 0 radical (unpaired) electrons. The minimum atomic E-state index is -0.464. The van der Waals surface area contributed by atoms with Crippen molar-refractivity contribution in [1.29, 1.82) is 0 Å². The monoisotopic (exact) mass is 384 g/mol. The number of ether oxygens (including phenoxy) is 1. The predicted octanol–water partition coefficient (Wildman–Crippen LogP) is 3.52. The first-order valence-electron chi connectivity index (χ1n) is 8.79. The van der Waals surface area contributed by atoms with Crippen molar-refractivity contribution in [3.63, 3.8) is 0 Å². The van der Waals surface area contributed by atoms with Gasteiger partial charge in [-0.15, -0.1) is 0 Å². The Bertz CT molecular complexity index is 1010. The molecular weight excluding hydrogens is 364 g/mol. The summed E-state index contributed by atoms with van der Waals surface area (Å²) < 4.78 is 7.24. The molecule has 1 N–H and O–H groups in total. The van der Waals surface area contributed by atoms with Crippen LogP contribution in [-0.4, -0.2) is 9.55 Å². The maximum Gasteiger partial charge on any atom is 0.330 e. The van der Waals surface area contributed by atoms with Crippen LogP contribution in [0.5, 0.6) is 0 Å². The lowest BCUT2D eigenvalue weighted by Gasteiger charge is -2.16. The molecule has 6 heteroatoms. The molecule has 27 heavy (non-hydrogen) atoms. The van der Waals surface area contributed by atoms with Crippen LogP contribution >= 0.6 is 11.6 Å². The molecule has 3 rings (SSSR count). The van der Waals surface area contributed by atoms with E-state index in [4.69, 9.17) is 16.3 Å². The highest BCUT2D eigenvalue weighted by molar-refractivity contribution is 6.30. The Labute approximate surface area is 162 Å². The van der Waals surface area contributed by atoms with Gasteiger partial charge in [0, 0.05) is 22.7 Å². The minimum Gasteiger partial charge on any atom is -0.356 e. The molecule has 0 aliphatic carbocycles. The molecule has 0 fully saturated rings. The summed E-state index contributed by atoms with van der Waals surface area (Å²) >= 11 is 5.95. The van der Waals surface area contributed by atoms with Crippen molar-refractivity contribution in [3.05, 3.63) is 103 Å². The number of H-pyrrole nitrogens is 1. The summed E-state index contributed by atoms with van der Waals surface area (Å²) in [6.45, 7) is 2.35. The Balaban J connectivity index is 1.90. The molecule has 140 valence electrons. The van der Waals surface area contributed by atoms with Gasteiger partial charge in [0.2, 0.25) is 0 Å². The number of halogens is 1. The summed E-state index contributed by atoms with van der Waals surface area (Å²) in [7, 11) is 0. The average molecular weight is 385 g/mol. The van der Waals surface area contributed by atoms with E-state index >= 15 is 0 Å². The number of benzene rings is 2. The van der Waals surface area contributed by atoms with E-state index in [2.05, 4.69) is 4.98 Å². The normalized spacial score (nSPS) is 10.9. The average Bonchev–Trinajstić information content (AvgIpc) is 2.67. The van der Waals surface area contributed by atoms with Gasteiger partial charge in [0.15, 0.2) is 0 Å². The van der Waals surface area contributed by atoms with Gasteiger partial charge in [-0.05, 0) is 29.7 Å². The number of hydrogen-bond acceptors (Lipinski definition) is 3. The molecule has 0 aliphatic rings. The Kier molecular flexibility index (Phi) is 6.27. The van der Waals surface area contributed by atoms with E-state index in [1.54, 1.807) is 12.1 Å². The predicted molar refractivity (Wildman–Crippen MR) is 106 cm³/mol. The van der Waals surface area contributed by atoms with Crippen molar-refractivity contribution in [1.82, 2.24) is 9.55 Å². The molecule has 3 aromatic rings. The lowest BCUT2D eigenvalue weighted by Crippen LogP contribution is -2.36. The fourth-order valence-corrected chi connectivity index (χ4v) is 3.11. The number of hydrogen-bond donors (Lipinski definition) is 1. The summed E-state index contributed by atoms with van der Waals surface area (Å²) in [5.41, 5.74) is 2.44. The smallest absolute Gasteiger partial charge is 0.330 e. The number of aromatic nitrogens is 2. The number of aromatic amines is 1. The van der Waals surface area contributed by atoms with Crippen LogP contribution in [0.1, 0.15) is 29.3 Å². The quantitative estimate of drug-likeness (QED) is 0.677. The van der Waals surface area contributed by atoms with E-state index in [-0.39, 0.29) is 12.3 Å². The van der Waals surface area contributed by atoms with E-state index in [1.165, 1.54) is 4.57 Å². The van der Waals surface area contributed by atoms with E-state index in [9.17, 15) is 9.59 Å². The van der Waals surface area contributed by atoms with Gasteiger partial charge < -0.3 is 4.74 Å². The summed E-state index contributed by atoms with van der Waals surface area (Å²) in [6.07, 6.45) is 0.978. The van der Waals surface area contributed by atoms with Gasteiger partial charge in [-0.25, -0.2) is 4.79 Å². The fourth-order valence-electron chi connectivity index (χ4n) is 2.98. The van der Waals surface area contributed by atoms with Crippen LogP contribution in [0, 0.1) is 0 Å². The minimum absolute atomic E-state index is 0.0699. The summed E-state index contributed by atoms with van der Waals surface area (Å²) in [6, 6.07) is 17.1. The van der Waals surface area contributed by atoms with Gasteiger partial charge in [-0.1, -0.05) is 61.0 Å². The van der Waals surface area contributed by atoms with Crippen LogP contribution in [0.25, 0.3) is 0 Å². The van der Waals surface area contributed by atoms with Crippen LogP contribution in [-0.2, 0) is 30.9 Å². The van der Waals surface area contributed by atoms with Crippen LogP contribution in [0.2, 0.25) is 5.02 Å². The van der Waals surface area contributed by atoms with Crippen molar-refractivity contribution in [2.24, 2.45) is 0 Å². The molecule has 1 aromatic heterocycles. The van der Waals surface area contributed by atoms with Gasteiger partial charge in [0.25, 0.3) is 5.56 Å². The van der Waals surface area contributed by atoms with Crippen molar-refractivity contribution in [2.75, 3.05) is 0 Å². The largest absolute Gasteiger partial charge is 0.356 e. The molecule has 0 aliphatic heterocycles. The topological polar surface area (TPSA) is 64.1 Å². The van der Waals surface area contributed by atoms with Gasteiger partial charge in [0.05, 0.1) is 6.61 Å². The number of rotatable bonds is 7. The molecule has 0 saturated carbocycles. The third kappa shape index (κ3) is 4.76. The van der Waals surface area contributed by atoms with Gasteiger partial charge in [-0.2, -0.15) is 0 Å². The highest BCUT2D eigenvalue weighted by Gasteiger charge is 2.14. The van der Waals surface area contributed by atoms with Crippen LogP contribution in [0.3, 0.4) is 0 Å². The highest BCUT2D eigenvalue weighted by Crippen LogP contribution is 2.15. The van der Waals surface area contributed by atoms with Crippen molar-refractivity contribution in [2.45, 2.75) is 33.1 Å². The third-order valence-electron chi connectivity index (χ3n) is 4.38. The van der Waals surface area contributed by atoms with E-state index < -0.39 is 5.69 Å². The summed E-state index contributed by atoms with van der Waals surface area (Å²) in [5.74, 6) is 0. The lowest BCUT2D eigenvalue weighted by molar-refractivity contribution is 0.0589. The third-order valence-corrected chi connectivity index (χ3v) is 4.64. The number of nitrogens with zero attached hydrogens (tertiary/aromatic N) is 1. The summed E-state index contributed by atoms with van der Waals surface area (Å²) in [5, 5.41) is 0.643. The molecule has 5 nitrogen and oxygen atoms in total. The summed E-state index contributed by atoms with van der Waals surface area (Å²) in [4.78, 5) is 27.1. The SMILES string of the molecule is CCc1c(Cc2ccc(Cl)cc2)n(COCc2ccccc2)c(=O)[nH]c1=O. The zero-order valence-electron chi connectivity index (χ0n) is 15.1. The second kappa shape index (κ2) is 8.84. The second-order valence-corrected chi connectivity index (χ2v) is 6.67. The van der Waals surface area contributed by atoms with Crippen LogP contribution < -0.4 is 11.2 Å². The molecular formula is C21H21ClN2O3. The maximum absolute atomic E-state index is 12.4. The zero-order valence-corrected chi connectivity index (χ0v) is 15.8. The van der Waals surface area contributed by atoms with Crippen molar-refractivity contribution in [3.8, 4) is 0 Å². The Morgan fingerprint density at radius 2 is 1.70 bits per heavy atom. The lowest BCUT2D eigenvalue weighted by atomic mass is 10.0. The fraction of sp³-hybridized carbons (Fsp3) is 0.238. The molecule has 0 unspecified atom stereocenters. The Hall–Kier alpha value is -2.63. The first kappa shape index (κ1) is 19.1. The van der Waals surface area contributed by atoms with Gasteiger partial charge in [-0.3, -0.25) is 14.3 Å². The Morgan fingerprint density at radius 1 is 1.00 bits per heavy atom. The maximum atomic E-state index is 12.4. The first-order chi connectivity index (χ1) is 13.1. The molecule has 0 atom stereocenters. The molecule has 0 spiro atoms. The Morgan fingerprint density at radius 3 is 2.37 bits per heavy atom. The van der Waals surface area contributed by atoms with E-state index in [0.717, 1.165) is 11.1 Å². The van der Waals surface area contributed by atoms with Crippen LogP contribution in [0.4, 0.5) is 0 Å². The van der Waals surface area contributed by atoms with E-state index in [1.807, 2.05) is 49.4 Å². The van der Waals surface area contributed by atoms with E-state index in [0.29, 0.717) is 35.7 Å². The standard InChI is InChI=1S/C21H21ClN2O3/c1-2-18-19(12-15-8-10-17(22)11-9-15)24(21(26)23-20(18)25)14-27-13-16-6-4-3-5-7-16/h3-11H,2,12-14H2,1H3,(H,23,25,26). The molecule has 0 amide bonds. The molecule has 0 saturated heterocycles. The highest BCUT2D eigenvalue weighted by atomic mass is 35.5. The van der Waals surface area contributed by atoms with Crippen molar-refractivity contribution < 1.29 is 4.74 Å². The second-order valence-electron chi connectivity index (χ2n) is 6.23. The van der Waals surface area contributed by atoms with Crippen molar-refractivity contribution >= 4 is 11.6 Å². The molecule has 0 bridgehead atoms. The van der Waals surface area contributed by atoms with Crippen LogP contribution in [0.15, 0.2) is 64.2 Å². The zero-order chi connectivity index (χ0) is 19.2. The first-order valence-corrected chi connectivity index (χ1v) is 9.17. The number of nitrogens with one attached hydrogen (secondary N) is 1. The van der Waals surface area contributed by atoms with Gasteiger partial charge in [0.1, 0.15) is 6.73 Å².